The monoisotopic (exact) mass is 570 g/mol. The zero-order valence-electron chi connectivity index (χ0n) is 21.9. The number of carbonyl (C=O) groups is 3. The Morgan fingerprint density at radius 3 is 2.40 bits per heavy atom. The normalized spacial score (nSPS) is 25.1. The number of benzene rings is 2. The van der Waals surface area contributed by atoms with Crippen molar-refractivity contribution in [2.45, 2.75) is 63.0 Å². The highest BCUT2D eigenvalue weighted by molar-refractivity contribution is 5.97. The summed E-state index contributed by atoms with van der Waals surface area (Å²) in [5.74, 6) is -7.31. The number of aromatic hydroxyl groups is 1. The number of phenols is 1. The van der Waals surface area contributed by atoms with E-state index in [1.807, 2.05) is 0 Å². The van der Waals surface area contributed by atoms with E-state index in [1.54, 1.807) is 37.3 Å². The number of phenolic OH excluding ortho intramolecular Hbond substituents is 1. The van der Waals surface area contributed by atoms with Gasteiger partial charge >= 0.3 is 18.0 Å². The minimum atomic E-state index is -4.93. The minimum absolute atomic E-state index is 0.0283. The second kappa shape index (κ2) is 10.1. The number of aliphatic hydroxyl groups excluding tert-OH is 1. The number of halogens is 5. The SMILES string of the molecule is Cc1cc(O)c(C)c(C(=O)N[C@@H](Cc2ccccc2)[C@H](O)C(=O)[NH+]2CC(F)(F)C3(C)[C@H]2C(=O)N3CC(F)(F)F)c1. The lowest BCUT2D eigenvalue weighted by Gasteiger charge is -2.51. The third-order valence-corrected chi connectivity index (χ3v) is 7.83. The van der Waals surface area contributed by atoms with Crippen LogP contribution in [0.25, 0.3) is 0 Å². The minimum Gasteiger partial charge on any atom is -0.508 e. The molecule has 4 N–H and O–H groups in total. The molecule has 13 heteroatoms. The van der Waals surface area contributed by atoms with E-state index in [2.05, 4.69) is 5.32 Å². The molecule has 2 aliphatic rings. The van der Waals surface area contributed by atoms with Crippen LogP contribution in [0.3, 0.4) is 0 Å². The van der Waals surface area contributed by atoms with Crippen LogP contribution in [0.5, 0.6) is 5.75 Å². The zero-order chi connectivity index (χ0) is 29.8. The van der Waals surface area contributed by atoms with Gasteiger partial charge in [-0.25, -0.2) is 4.79 Å². The van der Waals surface area contributed by atoms with Gasteiger partial charge in [-0.3, -0.25) is 14.5 Å². The molecule has 0 saturated carbocycles. The quantitative estimate of drug-likeness (QED) is 0.297. The fourth-order valence-electron chi connectivity index (χ4n) is 5.59. The van der Waals surface area contributed by atoms with Gasteiger partial charge in [-0.1, -0.05) is 30.3 Å². The van der Waals surface area contributed by atoms with Crippen molar-refractivity contribution in [3.05, 3.63) is 64.7 Å². The molecule has 216 valence electrons. The number of amides is 3. The molecule has 0 spiro atoms. The van der Waals surface area contributed by atoms with Gasteiger partial charge < -0.3 is 20.4 Å². The smallest absolute Gasteiger partial charge is 0.406 e. The lowest BCUT2D eigenvalue weighted by atomic mass is 9.78. The molecule has 8 nitrogen and oxygen atoms in total. The van der Waals surface area contributed by atoms with Crippen LogP contribution in [-0.2, 0) is 16.0 Å². The third kappa shape index (κ3) is 5.03. The number of β-lactam (4-membered cyclic amide) rings is 1. The summed E-state index contributed by atoms with van der Waals surface area (Å²) >= 11 is 0. The molecule has 2 aliphatic heterocycles. The molecule has 2 aromatic carbocycles. The van der Waals surface area contributed by atoms with E-state index in [1.165, 1.54) is 19.1 Å². The maximum absolute atomic E-state index is 15.1. The van der Waals surface area contributed by atoms with Gasteiger partial charge in [0.05, 0.1) is 6.04 Å². The van der Waals surface area contributed by atoms with E-state index < -0.39 is 71.5 Å². The fourth-order valence-corrected chi connectivity index (χ4v) is 5.59. The van der Waals surface area contributed by atoms with Crippen LogP contribution in [0.15, 0.2) is 42.5 Å². The van der Waals surface area contributed by atoms with E-state index in [-0.39, 0.29) is 28.2 Å². The maximum atomic E-state index is 15.1. The van der Waals surface area contributed by atoms with Gasteiger partial charge in [0.2, 0.25) is 6.04 Å². The Morgan fingerprint density at radius 1 is 1.18 bits per heavy atom. The van der Waals surface area contributed by atoms with E-state index in [0.717, 1.165) is 6.92 Å². The summed E-state index contributed by atoms with van der Waals surface area (Å²) in [6.45, 7) is 0.730. The zero-order valence-corrected chi connectivity index (χ0v) is 21.9. The molecule has 0 radical (unpaired) electrons. The van der Waals surface area contributed by atoms with Crippen molar-refractivity contribution in [2.24, 2.45) is 0 Å². The first kappa shape index (κ1) is 29.4. The van der Waals surface area contributed by atoms with E-state index >= 15 is 8.78 Å². The first-order valence-corrected chi connectivity index (χ1v) is 12.5. The molecule has 2 aromatic rings. The van der Waals surface area contributed by atoms with Crippen molar-refractivity contribution in [3.63, 3.8) is 0 Å². The highest BCUT2D eigenvalue weighted by Crippen LogP contribution is 2.47. The Kier molecular flexibility index (Phi) is 7.43. The molecule has 2 unspecified atom stereocenters. The number of hydrogen-bond acceptors (Lipinski definition) is 5. The van der Waals surface area contributed by atoms with Crippen molar-refractivity contribution in [1.29, 1.82) is 0 Å². The summed E-state index contributed by atoms with van der Waals surface area (Å²) in [4.78, 5) is 38.6. The summed E-state index contributed by atoms with van der Waals surface area (Å²) in [5, 5.41) is 23.8. The van der Waals surface area contributed by atoms with Crippen LogP contribution in [0.2, 0.25) is 0 Å². The summed E-state index contributed by atoms with van der Waals surface area (Å²) in [5.41, 5.74) is -1.17. The van der Waals surface area contributed by atoms with E-state index in [4.69, 9.17) is 0 Å². The average molecular weight is 571 g/mol. The predicted octanol–water partition coefficient (Wildman–Crippen LogP) is 1.30. The fraction of sp³-hybridized carbons (Fsp3) is 0.444. The predicted molar refractivity (Wildman–Crippen MR) is 131 cm³/mol. The Bertz CT molecular complexity index is 1340. The summed E-state index contributed by atoms with van der Waals surface area (Å²) in [7, 11) is 0. The van der Waals surface area contributed by atoms with Crippen molar-refractivity contribution >= 4 is 17.7 Å². The second-order valence-corrected chi connectivity index (χ2v) is 10.6. The Morgan fingerprint density at radius 2 is 1.80 bits per heavy atom. The second-order valence-electron chi connectivity index (χ2n) is 10.6. The molecule has 0 aliphatic carbocycles. The summed E-state index contributed by atoms with van der Waals surface area (Å²) < 4.78 is 69.2. The molecule has 2 fully saturated rings. The van der Waals surface area contributed by atoms with Crippen LogP contribution >= 0.6 is 0 Å². The maximum Gasteiger partial charge on any atom is 0.406 e. The molecule has 4 rings (SSSR count). The number of fused-ring (bicyclic) bond motifs is 1. The van der Waals surface area contributed by atoms with Gasteiger partial charge in [-0.2, -0.15) is 22.0 Å². The molecular weight excluding hydrogens is 541 g/mol. The van der Waals surface area contributed by atoms with Crippen LogP contribution in [0, 0.1) is 13.8 Å². The Hall–Kier alpha value is -3.58. The van der Waals surface area contributed by atoms with Gasteiger partial charge in [0.15, 0.2) is 18.2 Å². The first-order valence-electron chi connectivity index (χ1n) is 12.5. The number of rotatable bonds is 7. The Balaban J connectivity index is 1.63. The average Bonchev–Trinajstić information content (AvgIpc) is 3.06. The number of nitrogens with one attached hydrogen (secondary N) is 2. The molecule has 40 heavy (non-hydrogen) atoms. The van der Waals surface area contributed by atoms with Crippen LogP contribution in [0.1, 0.15) is 34.0 Å². The third-order valence-electron chi connectivity index (χ3n) is 7.83. The molecule has 0 aromatic heterocycles. The van der Waals surface area contributed by atoms with Crippen LogP contribution in [0.4, 0.5) is 22.0 Å². The number of aliphatic hydroxyl groups is 1. The number of carbonyl (C=O) groups excluding carboxylic acids is 3. The highest BCUT2D eigenvalue weighted by atomic mass is 19.4. The number of quaternary nitrogens is 1. The van der Waals surface area contributed by atoms with Crippen LogP contribution in [-0.4, -0.2) is 81.7 Å². The largest absolute Gasteiger partial charge is 0.508 e. The molecule has 2 saturated heterocycles. The number of hydrogen-bond donors (Lipinski definition) is 4. The lowest BCUT2D eigenvalue weighted by molar-refractivity contribution is -0.836. The number of likely N-dealkylation sites (tertiary alicyclic amines) is 2. The Labute approximate surface area is 226 Å². The van der Waals surface area contributed by atoms with Crippen LogP contribution < -0.4 is 10.2 Å². The molecular formula is C27H29F5N3O5+. The summed E-state index contributed by atoms with van der Waals surface area (Å²) in [6.07, 6.45) is -7.14. The van der Waals surface area contributed by atoms with Gasteiger partial charge in [-0.05, 0) is 50.5 Å². The highest BCUT2D eigenvalue weighted by Gasteiger charge is 2.82. The van der Waals surface area contributed by atoms with E-state index in [0.29, 0.717) is 11.1 Å². The number of nitrogens with zero attached hydrogens (tertiary/aromatic N) is 1. The van der Waals surface area contributed by atoms with Crippen molar-refractivity contribution in [3.8, 4) is 5.75 Å². The first-order chi connectivity index (χ1) is 18.5. The van der Waals surface area contributed by atoms with E-state index in [9.17, 15) is 37.8 Å². The molecule has 0 bridgehead atoms. The summed E-state index contributed by atoms with van der Waals surface area (Å²) in [6, 6.07) is 8.09. The lowest BCUT2D eigenvalue weighted by Crippen LogP contribution is -3.22. The van der Waals surface area contributed by atoms with Gasteiger partial charge in [0.1, 0.15) is 12.3 Å². The van der Waals surface area contributed by atoms with Gasteiger partial charge in [0, 0.05) is 11.1 Å². The molecule has 2 heterocycles. The van der Waals surface area contributed by atoms with Gasteiger partial charge in [0.25, 0.3) is 11.8 Å². The van der Waals surface area contributed by atoms with Crippen molar-refractivity contribution in [1.82, 2.24) is 10.2 Å². The molecule has 3 amide bonds. The topological polar surface area (TPSA) is 111 Å². The number of alkyl halides is 5. The molecule has 5 atom stereocenters. The van der Waals surface area contributed by atoms with Crippen molar-refractivity contribution in [2.75, 3.05) is 13.1 Å². The standard InChI is InChI=1S/C27H28F5N3O5/c1-14-9-17(15(2)19(36)10-14)22(38)33-18(11-16-7-5-4-6-8-16)20(37)23(39)34-12-26(28,29)25(3)21(34)24(40)35(25)13-27(30,31)32/h4-10,18,20-21,36-37H,11-13H2,1-3H3,(H,33,38)/p+1/t18-,20-,21+,25?/m0/s1. The number of aryl methyl sites for hydroxylation is 1. The van der Waals surface area contributed by atoms with Gasteiger partial charge in [-0.15, -0.1) is 0 Å². The van der Waals surface area contributed by atoms with Crippen molar-refractivity contribution < 1.29 is 51.4 Å².